The number of rotatable bonds is 4. The Kier molecular flexibility index (Phi) is 5.10. The van der Waals surface area contributed by atoms with Crippen LogP contribution in [0.25, 0.3) is 0 Å². The third-order valence-corrected chi connectivity index (χ3v) is 4.33. The number of anilines is 2. The van der Waals surface area contributed by atoms with Crippen LogP contribution in [-0.2, 0) is 4.74 Å². The highest BCUT2D eigenvalue weighted by atomic mass is 16.5. The van der Waals surface area contributed by atoms with E-state index in [1.54, 1.807) is 18.5 Å². The van der Waals surface area contributed by atoms with Gasteiger partial charge in [0, 0.05) is 12.4 Å². The fourth-order valence-corrected chi connectivity index (χ4v) is 2.98. The van der Waals surface area contributed by atoms with Crippen molar-refractivity contribution >= 4 is 17.3 Å². The van der Waals surface area contributed by atoms with Crippen molar-refractivity contribution < 1.29 is 9.53 Å². The van der Waals surface area contributed by atoms with Gasteiger partial charge in [0.15, 0.2) is 0 Å². The summed E-state index contributed by atoms with van der Waals surface area (Å²) in [4.78, 5) is 16.0. The molecule has 3 heterocycles. The van der Waals surface area contributed by atoms with E-state index < -0.39 is 0 Å². The number of nitrogens with zero attached hydrogens (tertiary/aromatic N) is 3. The van der Waals surface area contributed by atoms with E-state index >= 15 is 0 Å². The second kappa shape index (κ2) is 7.44. The first kappa shape index (κ1) is 16.4. The van der Waals surface area contributed by atoms with E-state index in [2.05, 4.69) is 20.7 Å². The number of esters is 1. The van der Waals surface area contributed by atoms with Gasteiger partial charge in [0.1, 0.15) is 0 Å². The number of nitrogens with one attached hydrogen (secondary N) is 2. The lowest BCUT2D eigenvalue weighted by atomic mass is 10.1. The van der Waals surface area contributed by atoms with Crippen molar-refractivity contribution in [3.63, 3.8) is 0 Å². The molecule has 0 amide bonds. The zero-order valence-corrected chi connectivity index (χ0v) is 14.1. The van der Waals surface area contributed by atoms with Crippen LogP contribution >= 0.6 is 0 Å². The molecule has 3 rings (SSSR count). The van der Waals surface area contributed by atoms with Gasteiger partial charge in [0.25, 0.3) is 0 Å². The minimum atomic E-state index is -0.389. The topological polar surface area (TPSA) is 81.1 Å². The zero-order chi connectivity index (χ0) is 16.9. The molecule has 24 heavy (non-hydrogen) atoms. The summed E-state index contributed by atoms with van der Waals surface area (Å²) in [6.07, 6.45) is 8.56. The largest absolute Gasteiger partial charge is 0.465 e. The molecule has 1 atom stereocenters. The van der Waals surface area contributed by atoms with E-state index in [1.807, 2.05) is 17.8 Å². The van der Waals surface area contributed by atoms with Crippen molar-refractivity contribution in [2.45, 2.75) is 32.2 Å². The number of ether oxygens (including phenoxy) is 1. The summed E-state index contributed by atoms with van der Waals surface area (Å²) in [7, 11) is 1.37. The average molecular weight is 329 g/mol. The molecule has 1 fully saturated rings. The first-order valence-corrected chi connectivity index (χ1v) is 8.25. The molecule has 0 radical (unpaired) electrons. The molecule has 2 aromatic heterocycles. The van der Waals surface area contributed by atoms with Crippen LogP contribution in [0.2, 0.25) is 0 Å². The Morgan fingerprint density at radius 3 is 3.08 bits per heavy atom. The van der Waals surface area contributed by atoms with E-state index in [0.717, 1.165) is 43.7 Å². The number of carbonyl (C=O) groups is 1. The molecule has 128 valence electrons. The second-order valence-electron chi connectivity index (χ2n) is 5.98. The lowest BCUT2D eigenvalue weighted by molar-refractivity contribution is 0.0602. The highest BCUT2D eigenvalue weighted by Gasteiger charge is 2.18. The van der Waals surface area contributed by atoms with Gasteiger partial charge in [-0.15, -0.1) is 0 Å². The minimum absolute atomic E-state index is 0.389. The smallest absolute Gasteiger partial charge is 0.340 e. The van der Waals surface area contributed by atoms with E-state index in [4.69, 9.17) is 4.74 Å². The molecule has 0 unspecified atom stereocenters. The first-order chi connectivity index (χ1) is 11.7. The number of aryl methyl sites for hydroxylation is 1. The van der Waals surface area contributed by atoms with Crippen molar-refractivity contribution in [3.8, 4) is 0 Å². The lowest BCUT2D eigenvalue weighted by Gasteiger charge is -2.14. The quantitative estimate of drug-likeness (QED) is 0.839. The Hall–Kier alpha value is -2.41. The molecule has 1 aliphatic rings. The Balaban J connectivity index is 1.82. The summed E-state index contributed by atoms with van der Waals surface area (Å²) in [6, 6.07) is 2.05. The number of aromatic nitrogens is 3. The summed E-state index contributed by atoms with van der Waals surface area (Å²) in [5, 5.41) is 11.3. The van der Waals surface area contributed by atoms with Gasteiger partial charge in [0.05, 0.1) is 42.0 Å². The Morgan fingerprint density at radius 1 is 1.38 bits per heavy atom. The first-order valence-electron chi connectivity index (χ1n) is 8.25. The van der Waals surface area contributed by atoms with Crippen LogP contribution in [-0.4, -0.2) is 40.9 Å². The lowest BCUT2D eigenvalue weighted by Crippen LogP contribution is -2.15. The second-order valence-corrected chi connectivity index (χ2v) is 5.98. The third kappa shape index (κ3) is 3.56. The fourth-order valence-electron chi connectivity index (χ4n) is 2.98. The standard InChI is InChI=1S/C17H23N5O2/c1-12-16(11-22(21-12)13-4-3-7-18-8-5-13)20-15-10-19-9-6-14(15)17(23)24-2/h6,9-11,13,18,20H,3-5,7-8H2,1-2H3/t13-/m0/s1. The van der Waals surface area contributed by atoms with Gasteiger partial charge < -0.3 is 15.4 Å². The van der Waals surface area contributed by atoms with Gasteiger partial charge in [-0.3, -0.25) is 9.67 Å². The van der Waals surface area contributed by atoms with Gasteiger partial charge in [-0.2, -0.15) is 5.10 Å². The third-order valence-electron chi connectivity index (χ3n) is 4.33. The van der Waals surface area contributed by atoms with Crippen molar-refractivity contribution in [1.82, 2.24) is 20.1 Å². The van der Waals surface area contributed by atoms with Crippen molar-refractivity contribution in [2.24, 2.45) is 0 Å². The molecule has 2 aromatic rings. The predicted octanol–water partition coefficient (Wildman–Crippen LogP) is 2.43. The molecule has 0 aliphatic carbocycles. The highest BCUT2D eigenvalue weighted by Crippen LogP contribution is 2.26. The number of hydrogen-bond donors (Lipinski definition) is 2. The molecule has 0 bridgehead atoms. The predicted molar refractivity (Wildman–Crippen MR) is 91.6 cm³/mol. The Labute approximate surface area is 141 Å². The number of hydrogen-bond acceptors (Lipinski definition) is 6. The van der Waals surface area contributed by atoms with Crippen molar-refractivity contribution in [2.75, 3.05) is 25.5 Å². The molecule has 0 saturated carbocycles. The van der Waals surface area contributed by atoms with Crippen LogP contribution in [0.15, 0.2) is 24.7 Å². The van der Waals surface area contributed by atoms with Crippen LogP contribution < -0.4 is 10.6 Å². The van der Waals surface area contributed by atoms with Crippen LogP contribution in [0.4, 0.5) is 11.4 Å². The Morgan fingerprint density at radius 2 is 2.25 bits per heavy atom. The molecule has 1 aliphatic heterocycles. The molecular weight excluding hydrogens is 306 g/mol. The van der Waals surface area contributed by atoms with Crippen LogP contribution in [0.1, 0.15) is 41.4 Å². The van der Waals surface area contributed by atoms with Crippen LogP contribution in [0.5, 0.6) is 0 Å². The molecule has 2 N–H and O–H groups in total. The van der Waals surface area contributed by atoms with E-state index in [9.17, 15) is 4.79 Å². The van der Waals surface area contributed by atoms with E-state index in [-0.39, 0.29) is 5.97 Å². The summed E-state index contributed by atoms with van der Waals surface area (Å²) in [6.45, 7) is 4.05. The van der Waals surface area contributed by atoms with E-state index in [0.29, 0.717) is 17.3 Å². The number of pyridine rings is 1. The normalized spacial score (nSPS) is 18.0. The summed E-state index contributed by atoms with van der Waals surface area (Å²) in [5.74, 6) is -0.389. The highest BCUT2D eigenvalue weighted by molar-refractivity contribution is 5.96. The maximum Gasteiger partial charge on any atom is 0.340 e. The summed E-state index contributed by atoms with van der Waals surface area (Å²) < 4.78 is 6.87. The zero-order valence-electron chi connectivity index (χ0n) is 14.1. The van der Waals surface area contributed by atoms with Gasteiger partial charge >= 0.3 is 5.97 Å². The molecule has 7 heteroatoms. The van der Waals surface area contributed by atoms with Crippen LogP contribution in [0, 0.1) is 6.92 Å². The monoisotopic (exact) mass is 329 g/mol. The van der Waals surface area contributed by atoms with Gasteiger partial charge in [0.2, 0.25) is 0 Å². The summed E-state index contributed by atoms with van der Waals surface area (Å²) >= 11 is 0. The minimum Gasteiger partial charge on any atom is -0.465 e. The SMILES string of the molecule is COC(=O)c1ccncc1Nc1cn([C@H]2CCCNCC2)nc1C. The van der Waals surface area contributed by atoms with Gasteiger partial charge in [-0.1, -0.05) is 0 Å². The van der Waals surface area contributed by atoms with Crippen molar-refractivity contribution in [1.29, 1.82) is 0 Å². The molecular formula is C17H23N5O2. The molecule has 7 nitrogen and oxygen atoms in total. The maximum absolute atomic E-state index is 11.9. The van der Waals surface area contributed by atoms with E-state index in [1.165, 1.54) is 7.11 Å². The molecule has 1 saturated heterocycles. The fraction of sp³-hybridized carbons (Fsp3) is 0.471. The maximum atomic E-state index is 11.9. The Bertz CT molecular complexity index is 705. The molecule has 0 aromatic carbocycles. The van der Waals surface area contributed by atoms with Gasteiger partial charge in [-0.25, -0.2) is 4.79 Å². The van der Waals surface area contributed by atoms with Crippen molar-refractivity contribution in [3.05, 3.63) is 35.9 Å². The number of methoxy groups -OCH3 is 1. The van der Waals surface area contributed by atoms with Gasteiger partial charge in [-0.05, 0) is 45.3 Å². The molecule has 0 spiro atoms. The summed E-state index contributed by atoms with van der Waals surface area (Å²) in [5.41, 5.74) is 2.85. The van der Waals surface area contributed by atoms with Crippen LogP contribution in [0.3, 0.4) is 0 Å². The number of carbonyl (C=O) groups excluding carboxylic acids is 1. The average Bonchev–Trinajstić information content (AvgIpc) is 2.81.